The Balaban J connectivity index is 1.81. The van der Waals surface area contributed by atoms with E-state index in [1.54, 1.807) is 4.57 Å². The van der Waals surface area contributed by atoms with Gasteiger partial charge in [-0.1, -0.05) is 24.2 Å². The highest BCUT2D eigenvalue weighted by Crippen LogP contribution is 2.17. The number of hydrogen-bond donors (Lipinski definition) is 1. The third kappa shape index (κ3) is 3.19. The zero-order valence-corrected chi connectivity index (χ0v) is 10.9. The normalized spacial score (nSPS) is 16.3. The lowest BCUT2D eigenvalue weighted by molar-refractivity contribution is -0.122. The van der Waals surface area contributed by atoms with Crippen LogP contribution in [-0.2, 0) is 11.3 Å². The first-order chi connectivity index (χ1) is 8.16. The number of nitrogens with zero attached hydrogens (tertiary/aromatic N) is 1. The maximum atomic E-state index is 11.7. The molecule has 0 aromatic carbocycles. The maximum absolute atomic E-state index is 11.7. The van der Waals surface area contributed by atoms with E-state index >= 15 is 0 Å². The Labute approximate surface area is 105 Å². The summed E-state index contributed by atoms with van der Waals surface area (Å²) in [4.78, 5) is 23.2. The second-order valence-corrected chi connectivity index (χ2v) is 5.41. The summed E-state index contributed by atoms with van der Waals surface area (Å²) in [6.07, 6.45) is 5.03. The molecule has 94 valence electrons. The van der Waals surface area contributed by atoms with E-state index in [1.165, 1.54) is 24.2 Å². The monoisotopic (exact) mass is 254 g/mol. The zero-order valence-electron chi connectivity index (χ0n) is 10.1. The zero-order chi connectivity index (χ0) is 12.3. The molecule has 0 radical (unpaired) electrons. The number of carbonyl (C=O) groups is 1. The molecule has 0 saturated heterocycles. The van der Waals surface area contributed by atoms with Crippen LogP contribution in [0.15, 0.2) is 10.2 Å². The van der Waals surface area contributed by atoms with Crippen LogP contribution in [-0.4, -0.2) is 16.5 Å². The van der Waals surface area contributed by atoms with E-state index in [9.17, 15) is 9.59 Å². The molecular formula is C12H18N2O2S. The van der Waals surface area contributed by atoms with E-state index in [0.717, 1.165) is 18.5 Å². The highest BCUT2D eigenvalue weighted by Gasteiger charge is 2.17. The van der Waals surface area contributed by atoms with E-state index in [2.05, 4.69) is 5.32 Å². The molecular weight excluding hydrogens is 236 g/mol. The number of aryl methyl sites for hydroxylation is 1. The molecule has 0 bridgehead atoms. The van der Waals surface area contributed by atoms with Crippen molar-refractivity contribution in [3.05, 3.63) is 20.7 Å². The topological polar surface area (TPSA) is 51.1 Å². The van der Waals surface area contributed by atoms with E-state index in [-0.39, 0.29) is 10.8 Å². The number of nitrogens with one attached hydrogen (secondary N) is 1. The summed E-state index contributed by atoms with van der Waals surface area (Å²) in [5, 5.41) is 4.86. The second kappa shape index (κ2) is 5.49. The molecule has 0 atom stereocenters. The third-order valence-electron chi connectivity index (χ3n) is 3.26. The molecule has 5 heteroatoms. The van der Waals surface area contributed by atoms with Crippen molar-refractivity contribution < 1.29 is 4.79 Å². The van der Waals surface area contributed by atoms with Gasteiger partial charge in [0.15, 0.2) is 0 Å². The van der Waals surface area contributed by atoms with Crippen LogP contribution in [0.4, 0.5) is 0 Å². The molecule has 17 heavy (non-hydrogen) atoms. The fourth-order valence-electron chi connectivity index (χ4n) is 2.26. The smallest absolute Gasteiger partial charge is 0.307 e. The van der Waals surface area contributed by atoms with Crippen LogP contribution in [0.25, 0.3) is 0 Å². The van der Waals surface area contributed by atoms with Gasteiger partial charge in [-0.25, -0.2) is 0 Å². The van der Waals surface area contributed by atoms with Crippen molar-refractivity contribution >= 4 is 17.2 Å². The highest BCUT2D eigenvalue weighted by molar-refractivity contribution is 7.07. The van der Waals surface area contributed by atoms with Crippen LogP contribution in [0.2, 0.25) is 0 Å². The van der Waals surface area contributed by atoms with Crippen LogP contribution >= 0.6 is 11.3 Å². The van der Waals surface area contributed by atoms with Gasteiger partial charge in [-0.15, -0.1) is 0 Å². The number of hydrogen-bond acceptors (Lipinski definition) is 3. The molecule has 1 fully saturated rings. The largest absolute Gasteiger partial charge is 0.353 e. The van der Waals surface area contributed by atoms with Gasteiger partial charge in [0.1, 0.15) is 0 Å². The molecule has 1 amide bonds. The molecule has 0 spiro atoms. The maximum Gasteiger partial charge on any atom is 0.307 e. The Bertz CT molecular complexity index is 444. The quantitative estimate of drug-likeness (QED) is 0.888. The lowest BCUT2D eigenvalue weighted by Crippen LogP contribution is -2.33. The molecule has 2 rings (SSSR count). The first-order valence-electron chi connectivity index (χ1n) is 6.11. The third-order valence-corrected chi connectivity index (χ3v) is 4.14. The van der Waals surface area contributed by atoms with Crippen LogP contribution < -0.4 is 10.2 Å². The Hall–Kier alpha value is -1.10. The van der Waals surface area contributed by atoms with Crippen molar-refractivity contribution in [2.75, 3.05) is 0 Å². The molecule has 1 aliphatic carbocycles. The lowest BCUT2D eigenvalue weighted by atomic mass is 10.2. The summed E-state index contributed by atoms with van der Waals surface area (Å²) in [5.41, 5.74) is 0.939. The number of amides is 1. The number of carbonyl (C=O) groups excluding carboxylic acids is 1. The highest BCUT2D eigenvalue weighted by atomic mass is 32.1. The van der Waals surface area contributed by atoms with Crippen LogP contribution in [0, 0.1) is 6.92 Å². The second-order valence-electron chi connectivity index (χ2n) is 4.59. The molecule has 0 unspecified atom stereocenters. The summed E-state index contributed by atoms with van der Waals surface area (Å²) in [5.74, 6) is 0.0643. The Morgan fingerprint density at radius 1 is 1.53 bits per heavy atom. The standard InChI is InChI=1S/C12H18N2O2S/c1-9-8-17-12(16)14(9)7-6-11(15)13-10-4-2-3-5-10/h8,10H,2-7H2,1H3,(H,13,15). The Kier molecular flexibility index (Phi) is 3.99. The van der Waals surface area contributed by atoms with Crippen molar-refractivity contribution in [3.8, 4) is 0 Å². The van der Waals surface area contributed by atoms with Crippen LogP contribution in [0.1, 0.15) is 37.8 Å². The summed E-state index contributed by atoms with van der Waals surface area (Å²) in [6, 6.07) is 0.364. The summed E-state index contributed by atoms with van der Waals surface area (Å²) in [7, 11) is 0. The van der Waals surface area contributed by atoms with Crippen molar-refractivity contribution in [1.29, 1.82) is 0 Å². The van der Waals surface area contributed by atoms with Crippen molar-refractivity contribution in [2.45, 2.75) is 51.6 Å². The van der Waals surface area contributed by atoms with Gasteiger partial charge in [0.2, 0.25) is 5.91 Å². The van der Waals surface area contributed by atoms with Gasteiger partial charge in [0.05, 0.1) is 0 Å². The van der Waals surface area contributed by atoms with E-state index < -0.39 is 0 Å². The van der Waals surface area contributed by atoms with E-state index in [4.69, 9.17) is 0 Å². The number of rotatable bonds is 4. The molecule has 1 saturated carbocycles. The van der Waals surface area contributed by atoms with Gasteiger partial charge in [-0.3, -0.25) is 9.59 Å². The molecule has 1 heterocycles. The average Bonchev–Trinajstić information content (AvgIpc) is 2.88. The molecule has 1 aromatic heterocycles. The molecule has 1 aromatic rings. The Morgan fingerprint density at radius 2 is 2.24 bits per heavy atom. The molecule has 4 nitrogen and oxygen atoms in total. The average molecular weight is 254 g/mol. The minimum atomic E-state index is 0.0242. The van der Waals surface area contributed by atoms with Crippen molar-refractivity contribution in [3.63, 3.8) is 0 Å². The van der Waals surface area contributed by atoms with Gasteiger partial charge in [-0.05, 0) is 19.8 Å². The van der Waals surface area contributed by atoms with Crippen LogP contribution in [0.5, 0.6) is 0 Å². The first-order valence-corrected chi connectivity index (χ1v) is 6.99. The minimum absolute atomic E-state index is 0.0242. The summed E-state index contributed by atoms with van der Waals surface area (Å²) < 4.78 is 1.67. The van der Waals surface area contributed by atoms with E-state index in [0.29, 0.717) is 19.0 Å². The van der Waals surface area contributed by atoms with Crippen molar-refractivity contribution in [2.24, 2.45) is 0 Å². The van der Waals surface area contributed by atoms with Gasteiger partial charge >= 0.3 is 4.87 Å². The van der Waals surface area contributed by atoms with Crippen molar-refractivity contribution in [1.82, 2.24) is 9.88 Å². The predicted molar refractivity (Wildman–Crippen MR) is 68.3 cm³/mol. The SMILES string of the molecule is Cc1csc(=O)n1CCC(=O)NC1CCCC1. The van der Waals surface area contributed by atoms with Gasteiger partial charge in [0.25, 0.3) is 0 Å². The molecule has 0 aliphatic heterocycles. The van der Waals surface area contributed by atoms with Gasteiger partial charge < -0.3 is 9.88 Å². The fraction of sp³-hybridized carbons (Fsp3) is 0.667. The summed E-state index contributed by atoms with van der Waals surface area (Å²) in [6.45, 7) is 2.39. The number of aromatic nitrogens is 1. The number of thiazole rings is 1. The predicted octanol–water partition coefficient (Wildman–Crippen LogP) is 1.67. The van der Waals surface area contributed by atoms with Crippen LogP contribution in [0.3, 0.4) is 0 Å². The minimum Gasteiger partial charge on any atom is -0.353 e. The fourth-order valence-corrected chi connectivity index (χ4v) is 3.02. The Morgan fingerprint density at radius 3 is 2.82 bits per heavy atom. The molecule has 1 N–H and O–H groups in total. The lowest BCUT2D eigenvalue weighted by Gasteiger charge is -2.12. The van der Waals surface area contributed by atoms with Gasteiger partial charge in [0, 0.05) is 30.1 Å². The van der Waals surface area contributed by atoms with E-state index in [1.807, 2.05) is 12.3 Å². The molecule has 1 aliphatic rings. The summed E-state index contributed by atoms with van der Waals surface area (Å²) >= 11 is 1.19. The van der Waals surface area contributed by atoms with Gasteiger partial charge in [-0.2, -0.15) is 0 Å². The first kappa shape index (κ1) is 12.4.